The molecule has 2 rings (SSSR count). The lowest BCUT2D eigenvalue weighted by Gasteiger charge is -2.42. The van der Waals surface area contributed by atoms with E-state index in [2.05, 4.69) is 35.1 Å². The molecule has 2 heterocycles. The first-order valence-electron chi connectivity index (χ1n) is 6.66. The first kappa shape index (κ1) is 14.2. The molecule has 5 nitrogen and oxygen atoms in total. The van der Waals surface area contributed by atoms with Gasteiger partial charge >= 0.3 is 0 Å². The summed E-state index contributed by atoms with van der Waals surface area (Å²) in [7, 11) is 1.86. The van der Waals surface area contributed by atoms with Crippen LogP contribution < -0.4 is 5.32 Å². The van der Waals surface area contributed by atoms with Crippen LogP contribution in [0.1, 0.15) is 19.4 Å². The molecule has 106 valence electrons. The van der Waals surface area contributed by atoms with Crippen molar-refractivity contribution in [3.05, 3.63) is 23.9 Å². The molecule has 1 atom stereocenters. The second-order valence-corrected chi connectivity index (χ2v) is 5.65. The molecule has 0 bridgehead atoms. The molecular weight excluding hydrogens is 242 g/mol. The highest BCUT2D eigenvalue weighted by atomic mass is 16.5. The lowest BCUT2D eigenvalue weighted by Crippen LogP contribution is -2.53. The fraction of sp³-hybridized carbons (Fsp3) is 0.643. The van der Waals surface area contributed by atoms with Gasteiger partial charge in [0.25, 0.3) is 0 Å². The molecule has 0 radical (unpaired) electrons. The summed E-state index contributed by atoms with van der Waals surface area (Å²) in [5.74, 6) is 0.874. The number of hydrogen-bond acceptors (Lipinski definition) is 5. The molecule has 0 saturated carbocycles. The number of pyridine rings is 1. The van der Waals surface area contributed by atoms with E-state index in [0.717, 1.165) is 25.5 Å². The van der Waals surface area contributed by atoms with Crippen molar-refractivity contribution in [3.8, 4) is 0 Å². The second kappa shape index (κ2) is 5.86. The van der Waals surface area contributed by atoms with Crippen molar-refractivity contribution in [2.75, 3.05) is 32.1 Å². The standard InChI is InChI=1S/C14H23N3O2/c1-14(2)10-17(8-12(9-18)19-14)7-11-4-5-13(15-3)16-6-11/h4-6,12,18H,7-10H2,1-3H3,(H,15,16). The third-order valence-electron chi connectivity index (χ3n) is 3.24. The van der Waals surface area contributed by atoms with Crippen molar-refractivity contribution in [3.63, 3.8) is 0 Å². The molecule has 1 aliphatic heterocycles. The lowest BCUT2D eigenvalue weighted by molar-refractivity contribution is -0.150. The smallest absolute Gasteiger partial charge is 0.125 e. The molecule has 19 heavy (non-hydrogen) atoms. The Balaban J connectivity index is 2.00. The van der Waals surface area contributed by atoms with Gasteiger partial charge < -0.3 is 15.2 Å². The van der Waals surface area contributed by atoms with Crippen molar-refractivity contribution in [2.45, 2.75) is 32.1 Å². The van der Waals surface area contributed by atoms with Crippen LogP contribution in [0, 0.1) is 0 Å². The maximum absolute atomic E-state index is 9.30. The van der Waals surface area contributed by atoms with E-state index in [1.54, 1.807) is 0 Å². The van der Waals surface area contributed by atoms with E-state index in [4.69, 9.17) is 4.74 Å². The summed E-state index contributed by atoms with van der Waals surface area (Å²) in [5.41, 5.74) is 0.956. The summed E-state index contributed by atoms with van der Waals surface area (Å²) in [5, 5.41) is 12.3. The van der Waals surface area contributed by atoms with Crippen LogP contribution in [0.5, 0.6) is 0 Å². The number of aliphatic hydroxyl groups is 1. The minimum Gasteiger partial charge on any atom is -0.394 e. The van der Waals surface area contributed by atoms with Crippen molar-refractivity contribution in [1.82, 2.24) is 9.88 Å². The van der Waals surface area contributed by atoms with E-state index in [0.29, 0.717) is 0 Å². The summed E-state index contributed by atoms with van der Waals surface area (Å²) in [6.45, 7) is 6.64. The minimum absolute atomic E-state index is 0.0663. The molecule has 1 aromatic heterocycles. The highest BCUT2D eigenvalue weighted by molar-refractivity contribution is 5.34. The van der Waals surface area contributed by atoms with E-state index >= 15 is 0 Å². The number of aromatic nitrogens is 1. The molecule has 1 unspecified atom stereocenters. The van der Waals surface area contributed by atoms with E-state index in [-0.39, 0.29) is 18.3 Å². The zero-order valence-corrected chi connectivity index (χ0v) is 11.9. The van der Waals surface area contributed by atoms with Crippen LogP contribution in [0.3, 0.4) is 0 Å². The number of rotatable bonds is 4. The molecule has 0 amide bonds. The van der Waals surface area contributed by atoms with Gasteiger partial charge in [0.1, 0.15) is 5.82 Å². The number of hydrogen-bond donors (Lipinski definition) is 2. The summed E-state index contributed by atoms with van der Waals surface area (Å²) >= 11 is 0. The Bertz CT molecular complexity index is 406. The highest BCUT2D eigenvalue weighted by Crippen LogP contribution is 2.22. The van der Waals surface area contributed by atoms with Gasteiger partial charge in [-0.15, -0.1) is 0 Å². The third kappa shape index (κ3) is 3.89. The summed E-state index contributed by atoms with van der Waals surface area (Å²) in [6, 6.07) is 4.06. The van der Waals surface area contributed by atoms with E-state index < -0.39 is 0 Å². The molecular formula is C14H23N3O2. The highest BCUT2D eigenvalue weighted by Gasteiger charge is 2.32. The molecule has 2 N–H and O–H groups in total. The van der Waals surface area contributed by atoms with Gasteiger partial charge in [0.05, 0.1) is 18.3 Å². The number of nitrogens with zero attached hydrogens (tertiary/aromatic N) is 2. The number of nitrogens with one attached hydrogen (secondary N) is 1. The summed E-state index contributed by atoms with van der Waals surface area (Å²) in [6.07, 6.45) is 1.79. The Morgan fingerprint density at radius 2 is 2.32 bits per heavy atom. The molecule has 0 aliphatic carbocycles. The van der Waals surface area contributed by atoms with Crippen LogP contribution in [0.2, 0.25) is 0 Å². The first-order chi connectivity index (χ1) is 9.02. The van der Waals surface area contributed by atoms with Crippen molar-refractivity contribution in [1.29, 1.82) is 0 Å². The molecule has 0 aromatic carbocycles. The normalized spacial score (nSPS) is 23.3. The zero-order valence-electron chi connectivity index (χ0n) is 11.9. The van der Waals surface area contributed by atoms with Crippen molar-refractivity contribution >= 4 is 5.82 Å². The maximum Gasteiger partial charge on any atom is 0.125 e. The molecule has 5 heteroatoms. The Hall–Kier alpha value is -1.17. The van der Waals surface area contributed by atoms with Gasteiger partial charge in [0.15, 0.2) is 0 Å². The van der Waals surface area contributed by atoms with Crippen LogP contribution in [-0.4, -0.2) is 53.4 Å². The number of ether oxygens (including phenoxy) is 1. The summed E-state index contributed by atoms with van der Waals surface area (Å²) < 4.78 is 5.81. The topological polar surface area (TPSA) is 57.6 Å². The Morgan fingerprint density at radius 1 is 1.53 bits per heavy atom. The summed E-state index contributed by atoms with van der Waals surface area (Å²) in [4.78, 5) is 6.63. The van der Waals surface area contributed by atoms with Gasteiger partial charge in [0, 0.05) is 32.9 Å². The zero-order chi connectivity index (χ0) is 13.9. The van der Waals surface area contributed by atoms with E-state index in [9.17, 15) is 5.11 Å². The molecule has 1 fully saturated rings. The predicted octanol–water partition coefficient (Wildman–Crippen LogP) is 1.09. The molecule has 1 aliphatic rings. The quantitative estimate of drug-likeness (QED) is 0.853. The Morgan fingerprint density at radius 3 is 2.89 bits per heavy atom. The largest absolute Gasteiger partial charge is 0.394 e. The second-order valence-electron chi connectivity index (χ2n) is 5.65. The SMILES string of the molecule is CNc1ccc(CN2CC(CO)OC(C)(C)C2)cn1. The van der Waals surface area contributed by atoms with Crippen LogP contribution in [-0.2, 0) is 11.3 Å². The number of morpholine rings is 1. The first-order valence-corrected chi connectivity index (χ1v) is 6.66. The molecule has 1 saturated heterocycles. The number of aliphatic hydroxyl groups excluding tert-OH is 1. The van der Waals surface area contributed by atoms with E-state index in [1.807, 2.05) is 19.3 Å². The van der Waals surface area contributed by atoms with Crippen LogP contribution >= 0.6 is 0 Å². The van der Waals surface area contributed by atoms with Gasteiger partial charge in [-0.1, -0.05) is 6.07 Å². The number of anilines is 1. The van der Waals surface area contributed by atoms with Crippen LogP contribution in [0.4, 0.5) is 5.82 Å². The maximum atomic E-state index is 9.30. The van der Waals surface area contributed by atoms with Gasteiger partial charge in [-0.25, -0.2) is 4.98 Å². The average Bonchev–Trinajstić information content (AvgIpc) is 2.37. The van der Waals surface area contributed by atoms with Crippen molar-refractivity contribution in [2.24, 2.45) is 0 Å². The van der Waals surface area contributed by atoms with Gasteiger partial charge in [-0.3, -0.25) is 4.90 Å². The predicted molar refractivity (Wildman–Crippen MR) is 75.1 cm³/mol. The Kier molecular flexibility index (Phi) is 4.39. The van der Waals surface area contributed by atoms with Gasteiger partial charge in [-0.05, 0) is 25.5 Å². The average molecular weight is 265 g/mol. The monoisotopic (exact) mass is 265 g/mol. The Labute approximate surface area is 114 Å². The van der Waals surface area contributed by atoms with Gasteiger partial charge in [0.2, 0.25) is 0 Å². The molecule has 0 spiro atoms. The van der Waals surface area contributed by atoms with Gasteiger partial charge in [-0.2, -0.15) is 0 Å². The minimum atomic E-state index is -0.218. The fourth-order valence-corrected chi connectivity index (χ4v) is 2.56. The van der Waals surface area contributed by atoms with Crippen LogP contribution in [0.15, 0.2) is 18.3 Å². The fourth-order valence-electron chi connectivity index (χ4n) is 2.56. The molecule has 1 aromatic rings. The van der Waals surface area contributed by atoms with Crippen molar-refractivity contribution < 1.29 is 9.84 Å². The lowest BCUT2D eigenvalue weighted by atomic mass is 10.0. The van der Waals surface area contributed by atoms with Crippen LogP contribution in [0.25, 0.3) is 0 Å². The van der Waals surface area contributed by atoms with E-state index in [1.165, 1.54) is 5.56 Å². The third-order valence-corrected chi connectivity index (χ3v) is 3.24.